The minimum Gasteiger partial charge on any atom is -0.481 e. The fourth-order valence-corrected chi connectivity index (χ4v) is 3.65. The van der Waals surface area contributed by atoms with Crippen LogP contribution in [0.4, 0.5) is 13.2 Å². The summed E-state index contributed by atoms with van der Waals surface area (Å²) in [4.78, 5) is 14.4. The van der Waals surface area contributed by atoms with Gasteiger partial charge in [0.2, 0.25) is 5.88 Å². The fourth-order valence-electron chi connectivity index (χ4n) is 3.65. The minimum absolute atomic E-state index is 0.201. The molecule has 0 unspecified atom stereocenters. The Morgan fingerprint density at radius 1 is 1.07 bits per heavy atom. The number of hydrogen-bond donors (Lipinski definition) is 0. The van der Waals surface area contributed by atoms with E-state index in [0.717, 1.165) is 17.7 Å². The Kier molecular flexibility index (Phi) is 4.56. The molecule has 0 saturated heterocycles. The lowest BCUT2D eigenvalue weighted by Crippen LogP contribution is -2.36. The molecule has 1 amide bonds. The molecule has 0 atom stereocenters. The van der Waals surface area contributed by atoms with E-state index in [9.17, 15) is 18.0 Å². The Labute approximate surface area is 164 Å². The van der Waals surface area contributed by atoms with E-state index in [4.69, 9.17) is 4.74 Å². The van der Waals surface area contributed by atoms with Crippen LogP contribution in [-0.4, -0.2) is 44.0 Å². The Morgan fingerprint density at radius 2 is 1.76 bits per heavy atom. The van der Waals surface area contributed by atoms with Crippen LogP contribution >= 0.6 is 0 Å². The summed E-state index contributed by atoms with van der Waals surface area (Å²) >= 11 is 0. The molecule has 29 heavy (non-hydrogen) atoms. The molecule has 0 bridgehead atoms. The van der Waals surface area contributed by atoms with E-state index in [1.54, 1.807) is 25.1 Å². The van der Waals surface area contributed by atoms with E-state index in [0.29, 0.717) is 30.2 Å². The average Bonchev–Trinajstić information content (AvgIpc) is 3.23. The Bertz CT molecular complexity index is 1100. The van der Waals surface area contributed by atoms with Gasteiger partial charge in [-0.05, 0) is 18.6 Å². The quantitative estimate of drug-likeness (QED) is 0.628. The van der Waals surface area contributed by atoms with E-state index >= 15 is 0 Å². The Hall–Kier alpha value is -3.30. The largest absolute Gasteiger partial charge is 0.481 e. The van der Waals surface area contributed by atoms with Crippen LogP contribution in [0.25, 0.3) is 11.3 Å². The maximum atomic E-state index is 13.7. The van der Waals surface area contributed by atoms with Gasteiger partial charge in [0.25, 0.3) is 5.91 Å². The molecule has 4 rings (SSSR count). The fraction of sp³-hybridized carbons (Fsp3) is 0.316. The van der Waals surface area contributed by atoms with Crippen LogP contribution in [0.1, 0.15) is 21.7 Å². The summed E-state index contributed by atoms with van der Waals surface area (Å²) in [5, 5.41) is 8.57. The zero-order chi connectivity index (χ0) is 20.9. The minimum atomic E-state index is -1.51. The summed E-state index contributed by atoms with van der Waals surface area (Å²) in [7, 11) is 4.81. The summed E-state index contributed by atoms with van der Waals surface area (Å²) in [6, 6.07) is 3.46. The molecule has 0 radical (unpaired) electrons. The molecule has 0 N–H and O–H groups in total. The number of halogens is 3. The zero-order valence-corrected chi connectivity index (χ0v) is 16.0. The molecule has 3 aromatic rings. The van der Waals surface area contributed by atoms with Gasteiger partial charge in [0.1, 0.15) is 0 Å². The SMILES string of the molecule is COc1cc(C(=O)N2CCc3c(nn(C)c3-c3cc(F)c(F)c(F)c3)C2)nn1C. The number of fused-ring (bicyclic) bond motifs is 1. The number of carbonyl (C=O) groups excluding carboxylic acids is 1. The van der Waals surface area contributed by atoms with Gasteiger partial charge in [-0.1, -0.05) is 0 Å². The summed E-state index contributed by atoms with van der Waals surface area (Å²) in [5.74, 6) is -3.82. The van der Waals surface area contributed by atoms with Crippen molar-refractivity contribution in [2.45, 2.75) is 13.0 Å². The molecule has 1 aromatic carbocycles. The second-order valence-electron chi connectivity index (χ2n) is 6.82. The molecular weight excluding hydrogens is 387 g/mol. The molecule has 0 aliphatic carbocycles. The van der Waals surface area contributed by atoms with Crippen molar-refractivity contribution < 1.29 is 22.7 Å². The molecule has 0 fully saturated rings. The van der Waals surface area contributed by atoms with Crippen molar-refractivity contribution in [1.82, 2.24) is 24.5 Å². The topological polar surface area (TPSA) is 65.2 Å². The van der Waals surface area contributed by atoms with Gasteiger partial charge in [0, 0.05) is 37.8 Å². The number of aromatic nitrogens is 4. The summed E-state index contributed by atoms with van der Waals surface area (Å²) in [6.07, 6.45) is 0.439. The molecule has 1 aliphatic heterocycles. The van der Waals surface area contributed by atoms with Crippen LogP contribution in [0.5, 0.6) is 5.88 Å². The van der Waals surface area contributed by atoms with Crippen LogP contribution in [0.3, 0.4) is 0 Å². The molecule has 152 valence electrons. The number of hydrogen-bond acceptors (Lipinski definition) is 4. The first kappa shape index (κ1) is 19.0. The molecule has 3 heterocycles. The highest BCUT2D eigenvalue weighted by Crippen LogP contribution is 2.32. The number of benzene rings is 1. The van der Waals surface area contributed by atoms with E-state index in [2.05, 4.69) is 10.2 Å². The Balaban J connectivity index is 1.65. The second kappa shape index (κ2) is 6.94. The summed E-state index contributed by atoms with van der Waals surface area (Å²) in [5.41, 5.74) is 2.36. The predicted molar refractivity (Wildman–Crippen MR) is 96.7 cm³/mol. The van der Waals surface area contributed by atoms with Gasteiger partial charge in [-0.2, -0.15) is 10.2 Å². The van der Waals surface area contributed by atoms with E-state index in [1.165, 1.54) is 16.5 Å². The molecular formula is C19H18F3N5O2. The van der Waals surface area contributed by atoms with Crippen molar-refractivity contribution in [1.29, 1.82) is 0 Å². The molecule has 1 aliphatic rings. The lowest BCUT2D eigenvalue weighted by Gasteiger charge is -2.25. The monoisotopic (exact) mass is 405 g/mol. The van der Waals surface area contributed by atoms with Crippen LogP contribution in [-0.2, 0) is 27.1 Å². The predicted octanol–water partition coefficient (Wildman–Crippen LogP) is 2.45. The number of aryl methyl sites for hydroxylation is 2. The van der Waals surface area contributed by atoms with Gasteiger partial charge in [-0.25, -0.2) is 17.9 Å². The van der Waals surface area contributed by atoms with Gasteiger partial charge in [-0.15, -0.1) is 0 Å². The third-order valence-corrected chi connectivity index (χ3v) is 5.01. The number of amides is 1. The first-order valence-corrected chi connectivity index (χ1v) is 8.87. The van der Waals surface area contributed by atoms with E-state index in [1.807, 2.05) is 0 Å². The maximum Gasteiger partial charge on any atom is 0.274 e. The lowest BCUT2D eigenvalue weighted by atomic mass is 9.99. The number of methoxy groups -OCH3 is 1. The Morgan fingerprint density at radius 3 is 2.38 bits per heavy atom. The van der Waals surface area contributed by atoms with Crippen molar-refractivity contribution in [2.24, 2.45) is 14.1 Å². The summed E-state index contributed by atoms with van der Waals surface area (Å²) < 4.78 is 48.8. The third-order valence-electron chi connectivity index (χ3n) is 5.01. The molecule has 0 saturated carbocycles. The van der Waals surface area contributed by atoms with Gasteiger partial charge in [-0.3, -0.25) is 9.48 Å². The van der Waals surface area contributed by atoms with E-state index in [-0.39, 0.29) is 23.7 Å². The van der Waals surface area contributed by atoms with E-state index < -0.39 is 17.5 Å². The lowest BCUT2D eigenvalue weighted by molar-refractivity contribution is 0.0725. The van der Waals surface area contributed by atoms with Crippen LogP contribution in [0, 0.1) is 17.5 Å². The summed E-state index contributed by atoms with van der Waals surface area (Å²) in [6.45, 7) is 0.614. The van der Waals surface area contributed by atoms with Crippen LogP contribution in [0.15, 0.2) is 18.2 Å². The highest BCUT2D eigenvalue weighted by atomic mass is 19.2. The van der Waals surface area contributed by atoms with Crippen molar-refractivity contribution in [3.63, 3.8) is 0 Å². The second-order valence-corrected chi connectivity index (χ2v) is 6.82. The molecule has 10 heteroatoms. The third kappa shape index (κ3) is 3.14. The standard InChI is InChI=1S/C19H18F3N5O2/c1-25-16(29-3)8-14(23-25)19(28)27-5-4-11-15(9-27)24-26(2)18(11)10-6-12(20)17(22)13(21)7-10/h6-8H,4-5,9H2,1-3H3. The van der Waals surface area contributed by atoms with Crippen molar-refractivity contribution in [3.8, 4) is 17.1 Å². The van der Waals surface area contributed by atoms with Crippen molar-refractivity contribution >= 4 is 5.91 Å². The first-order chi connectivity index (χ1) is 13.8. The van der Waals surface area contributed by atoms with Crippen LogP contribution < -0.4 is 4.74 Å². The maximum absolute atomic E-state index is 13.7. The van der Waals surface area contributed by atoms with Gasteiger partial charge < -0.3 is 9.64 Å². The van der Waals surface area contributed by atoms with Crippen molar-refractivity contribution in [2.75, 3.05) is 13.7 Å². The normalized spacial score (nSPS) is 13.5. The molecule has 7 nitrogen and oxygen atoms in total. The van der Waals surface area contributed by atoms with Gasteiger partial charge in [0.15, 0.2) is 23.1 Å². The number of nitrogens with zero attached hydrogens (tertiary/aromatic N) is 5. The smallest absolute Gasteiger partial charge is 0.274 e. The van der Waals surface area contributed by atoms with Crippen LogP contribution in [0.2, 0.25) is 0 Å². The molecule has 0 spiro atoms. The first-order valence-electron chi connectivity index (χ1n) is 8.87. The number of rotatable bonds is 3. The zero-order valence-electron chi connectivity index (χ0n) is 16.0. The average molecular weight is 405 g/mol. The number of carbonyl (C=O) groups is 1. The van der Waals surface area contributed by atoms with Gasteiger partial charge in [0.05, 0.1) is 25.0 Å². The van der Waals surface area contributed by atoms with Gasteiger partial charge >= 0.3 is 0 Å². The van der Waals surface area contributed by atoms with Crippen molar-refractivity contribution in [3.05, 3.63) is 52.6 Å². The highest BCUT2D eigenvalue weighted by Gasteiger charge is 2.29. The molecule has 2 aromatic heterocycles. The highest BCUT2D eigenvalue weighted by molar-refractivity contribution is 5.92. The number of ether oxygens (including phenoxy) is 1.